The zero-order chi connectivity index (χ0) is 22.1. The molecular formula is C17H26N6O6S. The van der Waals surface area contributed by atoms with E-state index < -0.39 is 40.0 Å². The summed E-state index contributed by atoms with van der Waals surface area (Å²) >= 11 is 0. The van der Waals surface area contributed by atoms with Crippen molar-refractivity contribution in [2.75, 3.05) is 17.6 Å². The first-order chi connectivity index (χ1) is 14.2. The van der Waals surface area contributed by atoms with Crippen LogP contribution < -0.4 is 5.32 Å². The molecule has 0 amide bonds. The second-order valence-corrected chi connectivity index (χ2v) is 9.39. The van der Waals surface area contributed by atoms with Crippen molar-refractivity contribution in [3.05, 3.63) is 0 Å². The van der Waals surface area contributed by atoms with Crippen LogP contribution >= 0.6 is 0 Å². The predicted molar refractivity (Wildman–Crippen MR) is 106 cm³/mol. The zero-order valence-corrected chi connectivity index (χ0v) is 17.6. The fourth-order valence-electron chi connectivity index (χ4n) is 3.54. The number of nitrogens with zero attached hydrogens (tertiary/aromatic N) is 5. The first kappa shape index (κ1) is 22.3. The molecule has 2 heterocycles. The van der Waals surface area contributed by atoms with Crippen LogP contribution in [0.25, 0.3) is 11.2 Å². The fourth-order valence-corrected chi connectivity index (χ4v) is 4.71. The topological polar surface area (TPSA) is 180 Å². The third kappa shape index (κ3) is 4.09. The molecule has 0 unspecified atom stereocenters. The van der Waals surface area contributed by atoms with Gasteiger partial charge in [0, 0.05) is 6.54 Å². The molecule has 2 aromatic heterocycles. The van der Waals surface area contributed by atoms with E-state index >= 15 is 0 Å². The first-order valence-electron chi connectivity index (χ1n) is 9.89. The van der Waals surface area contributed by atoms with E-state index in [1.54, 1.807) is 6.92 Å². The van der Waals surface area contributed by atoms with Gasteiger partial charge >= 0.3 is 5.97 Å². The van der Waals surface area contributed by atoms with Gasteiger partial charge in [0.1, 0.15) is 6.10 Å². The third-order valence-electron chi connectivity index (χ3n) is 5.16. The van der Waals surface area contributed by atoms with Crippen LogP contribution in [0.1, 0.15) is 45.6 Å². The molecule has 1 aliphatic carbocycles. The van der Waals surface area contributed by atoms with Gasteiger partial charge in [-0.3, -0.25) is 4.79 Å². The van der Waals surface area contributed by atoms with Crippen molar-refractivity contribution in [3.8, 4) is 0 Å². The number of aromatic nitrogens is 5. The quantitative estimate of drug-likeness (QED) is 0.303. The standard InChI is InChI=1S/C17H26N6O6S/c1-3-5-6-18-14-11-15(20-17(19-14)30(28,29)7-4-2)23(22-21-11)10-8-9(16(26)27)12(24)13(10)25/h9-10,12-13,24-25H,3-8H2,1-2H3,(H,26,27)(H,18,19,20)/t9-,10+,12+,13-/m0/s1. The lowest BCUT2D eigenvalue weighted by atomic mass is 10.1. The van der Waals surface area contributed by atoms with Gasteiger partial charge in [-0.05, 0) is 19.3 Å². The maximum atomic E-state index is 12.6. The van der Waals surface area contributed by atoms with Gasteiger partial charge in [0.05, 0.1) is 23.8 Å². The summed E-state index contributed by atoms with van der Waals surface area (Å²) in [5.41, 5.74) is 0.267. The Labute approximate surface area is 173 Å². The van der Waals surface area contributed by atoms with Crippen LogP contribution in [0.15, 0.2) is 5.16 Å². The number of hydrogen-bond acceptors (Lipinski definition) is 10. The molecule has 1 aliphatic rings. The minimum Gasteiger partial charge on any atom is -0.481 e. The first-order valence-corrected chi connectivity index (χ1v) is 11.5. The van der Waals surface area contributed by atoms with Crippen LogP contribution in [0.5, 0.6) is 0 Å². The molecule has 30 heavy (non-hydrogen) atoms. The Kier molecular flexibility index (Phi) is 6.53. The summed E-state index contributed by atoms with van der Waals surface area (Å²) in [6, 6.07) is -0.925. The molecule has 12 nitrogen and oxygen atoms in total. The number of carbonyl (C=O) groups is 1. The summed E-state index contributed by atoms with van der Waals surface area (Å²) in [6.45, 7) is 4.27. The van der Waals surface area contributed by atoms with Gasteiger partial charge in [-0.2, -0.15) is 9.97 Å². The molecule has 4 atom stereocenters. The number of nitrogens with one attached hydrogen (secondary N) is 1. The molecule has 166 valence electrons. The zero-order valence-electron chi connectivity index (χ0n) is 16.8. The largest absolute Gasteiger partial charge is 0.481 e. The van der Waals surface area contributed by atoms with E-state index in [9.17, 15) is 28.5 Å². The third-order valence-corrected chi connectivity index (χ3v) is 6.84. The van der Waals surface area contributed by atoms with Crippen molar-refractivity contribution in [1.29, 1.82) is 0 Å². The number of sulfone groups is 1. The van der Waals surface area contributed by atoms with Crippen LogP contribution in [-0.4, -0.2) is 79.2 Å². The Morgan fingerprint density at radius 2 is 1.93 bits per heavy atom. The van der Waals surface area contributed by atoms with E-state index in [1.165, 1.54) is 4.68 Å². The Hall–Kier alpha value is -2.38. The lowest BCUT2D eigenvalue weighted by Gasteiger charge is -2.16. The lowest BCUT2D eigenvalue weighted by molar-refractivity contribution is -0.145. The molecule has 0 radical (unpaired) electrons. The minimum absolute atomic E-state index is 0.0564. The molecule has 0 spiro atoms. The summed E-state index contributed by atoms with van der Waals surface area (Å²) in [6.07, 6.45) is -0.886. The summed E-state index contributed by atoms with van der Waals surface area (Å²) in [7, 11) is -3.76. The highest BCUT2D eigenvalue weighted by Crippen LogP contribution is 2.37. The van der Waals surface area contributed by atoms with E-state index in [2.05, 4.69) is 25.6 Å². The summed E-state index contributed by atoms with van der Waals surface area (Å²) < 4.78 is 26.4. The van der Waals surface area contributed by atoms with Gasteiger partial charge in [-0.25, -0.2) is 13.1 Å². The number of rotatable bonds is 9. The SMILES string of the molecule is CCCCNc1nc(S(=O)(=O)CCC)nc2c1nnn2[C@@H]1C[C@H](C(=O)O)[C@@H](O)[C@H]1O. The monoisotopic (exact) mass is 442 g/mol. The van der Waals surface area contributed by atoms with E-state index in [4.69, 9.17) is 0 Å². The summed E-state index contributed by atoms with van der Waals surface area (Å²) in [4.78, 5) is 19.7. The van der Waals surface area contributed by atoms with Crippen LogP contribution in [-0.2, 0) is 14.6 Å². The highest BCUT2D eigenvalue weighted by molar-refractivity contribution is 7.91. The highest BCUT2D eigenvalue weighted by Gasteiger charge is 2.47. The molecular weight excluding hydrogens is 416 g/mol. The summed E-state index contributed by atoms with van der Waals surface area (Å²) in [5, 5.41) is 40.4. The van der Waals surface area contributed by atoms with Gasteiger partial charge in [0.15, 0.2) is 17.0 Å². The highest BCUT2D eigenvalue weighted by atomic mass is 32.2. The minimum atomic E-state index is -3.76. The summed E-state index contributed by atoms with van der Waals surface area (Å²) in [5.74, 6) is -2.36. The number of aliphatic hydroxyl groups is 2. The van der Waals surface area contributed by atoms with Crippen molar-refractivity contribution >= 4 is 32.8 Å². The Morgan fingerprint density at radius 3 is 2.53 bits per heavy atom. The maximum Gasteiger partial charge on any atom is 0.309 e. The number of aliphatic carboxylic acids is 1. The van der Waals surface area contributed by atoms with E-state index in [1.807, 2.05) is 6.92 Å². The van der Waals surface area contributed by atoms with Gasteiger partial charge in [0.25, 0.3) is 5.16 Å². The number of aliphatic hydroxyl groups excluding tert-OH is 2. The molecule has 1 fully saturated rings. The van der Waals surface area contributed by atoms with E-state index in [-0.39, 0.29) is 34.3 Å². The number of carboxylic acids is 1. The van der Waals surface area contributed by atoms with Gasteiger partial charge in [-0.15, -0.1) is 5.10 Å². The predicted octanol–water partition coefficient (Wildman–Crippen LogP) is -0.0156. The number of unbranched alkanes of at least 4 members (excludes halogenated alkanes) is 1. The average Bonchev–Trinajstić information content (AvgIpc) is 3.23. The second kappa shape index (κ2) is 8.78. The Morgan fingerprint density at radius 1 is 1.20 bits per heavy atom. The normalized spacial score (nSPS) is 24.4. The molecule has 0 saturated heterocycles. The molecule has 3 rings (SSSR count). The van der Waals surface area contributed by atoms with Crippen molar-refractivity contribution in [2.24, 2.45) is 5.92 Å². The van der Waals surface area contributed by atoms with Crippen LogP contribution in [0.3, 0.4) is 0 Å². The molecule has 0 aromatic carbocycles. The Balaban J connectivity index is 2.11. The number of fused-ring (bicyclic) bond motifs is 1. The molecule has 2 aromatic rings. The average molecular weight is 442 g/mol. The van der Waals surface area contributed by atoms with Crippen LogP contribution in [0, 0.1) is 5.92 Å². The van der Waals surface area contributed by atoms with E-state index in [0.717, 1.165) is 12.8 Å². The lowest BCUT2D eigenvalue weighted by Crippen LogP contribution is -2.32. The molecule has 0 bridgehead atoms. The molecule has 1 saturated carbocycles. The van der Waals surface area contributed by atoms with Crippen molar-refractivity contribution in [2.45, 2.75) is 62.9 Å². The fraction of sp³-hybridized carbons (Fsp3) is 0.706. The van der Waals surface area contributed by atoms with Crippen molar-refractivity contribution in [3.63, 3.8) is 0 Å². The van der Waals surface area contributed by atoms with E-state index in [0.29, 0.717) is 13.0 Å². The Bertz CT molecular complexity index is 1030. The second-order valence-electron chi connectivity index (χ2n) is 7.39. The van der Waals surface area contributed by atoms with Crippen LogP contribution in [0.2, 0.25) is 0 Å². The number of anilines is 1. The smallest absolute Gasteiger partial charge is 0.309 e. The molecule has 13 heteroatoms. The van der Waals surface area contributed by atoms with Gasteiger partial charge in [-0.1, -0.05) is 25.5 Å². The van der Waals surface area contributed by atoms with Crippen molar-refractivity contribution in [1.82, 2.24) is 25.0 Å². The van der Waals surface area contributed by atoms with Gasteiger partial charge < -0.3 is 20.6 Å². The van der Waals surface area contributed by atoms with Gasteiger partial charge in [0.2, 0.25) is 9.84 Å². The number of hydrogen-bond donors (Lipinski definition) is 4. The molecule has 4 N–H and O–H groups in total. The molecule has 0 aliphatic heterocycles. The van der Waals surface area contributed by atoms with Crippen LogP contribution in [0.4, 0.5) is 5.82 Å². The number of carboxylic acid groups (broad SMARTS) is 1. The maximum absolute atomic E-state index is 12.6. The van der Waals surface area contributed by atoms with Crippen molar-refractivity contribution < 1.29 is 28.5 Å².